The summed E-state index contributed by atoms with van der Waals surface area (Å²) in [5.74, 6) is 3.85. The molecular formula is C53H88N20O8. The SMILES string of the molecule is C=C1C(C)N(C)C(=C)N1C.C=C1N(C)N=NN1C.C=C1OC(C)=NN1C.CC1=C(C)C(=O)N(C)C1=O.Cc1cn(C)c(=O)n1C.Cc1nn(C)[n+]([O-])c1C.Cc1nn(C)c(=O)n1C.Cc1nn(C)c(C)c1C.Cc1oc(=O)n(C)c1C. The summed E-state index contributed by atoms with van der Waals surface area (Å²) in [5.41, 5.74) is 9.22. The Labute approximate surface area is 475 Å². The van der Waals surface area contributed by atoms with Crippen molar-refractivity contribution in [3.05, 3.63) is 155 Å². The fourth-order valence-corrected chi connectivity index (χ4v) is 6.71. The summed E-state index contributed by atoms with van der Waals surface area (Å²) < 4.78 is 19.1. The van der Waals surface area contributed by atoms with E-state index < -0.39 is 0 Å². The predicted molar refractivity (Wildman–Crippen MR) is 311 cm³/mol. The maximum absolute atomic E-state index is 11.0. The van der Waals surface area contributed by atoms with Crippen molar-refractivity contribution in [2.75, 3.05) is 42.3 Å². The van der Waals surface area contributed by atoms with Crippen LogP contribution in [0.15, 0.2) is 101 Å². The first-order valence-corrected chi connectivity index (χ1v) is 25.2. The van der Waals surface area contributed by atoms with E-state index in [0.717, 1.165) is 55.7 Å². The summed E-state index contributed by atoms with van der Waals surface area (Å²) >= 11 is 0. The molecule has 28 heteroatoms. The summed E-state index contributed by atoms with van der Waals surface area (Å²) in [6.45, 7) is 39.4. The molecule has 0 radical (unpaired) electrons. The smallest absolute Gasteiger partial charge is 0.419 e. The van der Waals surface area contributed by atoms with E-state index in [1.54, 1.807) is 129 Å². The Kier molecular flexibility index (Phi) is 25.8. The van der Waals surface area contributed by atoms with E-state index in [4.69, 9.17) is 9.15 Å². The highest BCUT2D eigenvalue weighted by Gasteiger charge is 2.30. The molecule has 81 heavy (non-hydrogen) atoms. The number of nitrogens with zero attached hydrogens (tertiary/aromatic N) is 20. The molecule has 4 aliphatic heterocycles. The number of carbonyl (C=O) groups is 2. The van der Waals surface area contributed by atoms with E-state index in [0.29, 0.717) is 40.4 Å². The van der Waals surface area contributed by atoms with Crippen LogP contribution in [0, 0.1) is 67.5 Å². The number of imide groups is 1. The zero-order valence-corrected chi connectivity index (χ0v) is 52.7. The molecule has 5 aromatic heterocycles. The highest BCUT2D eigenvalue weighted by atomic mass is 16.5. The van der Waals surface area contributed by atoms with Gasteiger partial charge in [-0.1, -0.05) is 19.7 Å². The van der Waals surface area contributed by atoms with Crippen molar-refractivity contribution in [1.29, 1.82) is 0 Å². The van der Waals surface area contributed by atoms with Crippen LogP contribution in [-0.2, 0) is 63.7 Å². The van der Waals surface area contributed by atoms with Gasteiger partial charge in [-0.15, -0.1) is 5.10 Å². The molecule has 1 unspecified atom stereocenters. The van der Waals surface area contributed by atoms with E-state index in [1.807, 2.05) is 64.6 Å². The van der Waals surface area contributed by atoms with Gasteiger partial charge in [-0.05, 0) is 96.6 Å². The summed E-state index contributed by atoms with van der Waals surface area (Å²) in [4.78, 5) is 61.7. The molecule has 9 rings (SSSR count). The van der Waals surface area contributed by atoms with Gasteiger partial charge in [0.1, 0.15) is 23.2 Å². The van der Waals surface area contributed by atoms with Gasteiger partial charge in [0, 0.05) is 145 Å². The molecule has 9 heterocycles. The van der Waals surface area contributed by atoms with Gasteiger partial charge in [0.05, 0.1) is 24.5 Å². The number of aryl methyl sites for hydroxylation is 9. The van der Waals surface area contributed by atoms with Crippen molar-refractivity contribution in [2.24, 2.45) is 64.9 Å². The number of hydrazone groups is 1. The van der Waals surface area contributed by atoms with Gasteiger partial charge in [-0.3, -0.25) is 32.9 Å². The molecule has 2 amide bonds. The minimum atomic E-state index is -0.287. The number of carbonyl (C=O) groups excluding carboxylic acids is 2. The first-order chi connectivity index (χ1) is 37.1. The molecule has 5 aromatic rings. The Bertz CT molecular complexity index is 3150. The summed E-state index contributed by atoms with van der Waals surface area (Å²) in [6.07, 6.45) is 1.81. The van der Waals surface area contributed by atoms with Crippen molar-refractivity contribution < 1.29 is 23.6 Å². The molecule has 0 aliphatic carbocycles. The Morgan fingerprint density at radius 1 is 0.580 bits per heavy atom. The lowest BCUT2D eigenvalue weighted by Crippen LogP contribution is -2.38. The fourth-order valence-electron chi connectivity index (χ4n) is 6.71. The third kappa shape index (κ3) is 18.3. The number of aromatic nitrogens is 11. The molecule has 4 aliphatic rings. The highest BCUT2D eigenvalue weighted by Crippen LogP contribution is 2.26. The Morgan fingerprint density at radius 2 is 1.09 bits per heavy atom. The number of imidazole rings is 1. The zero-order valence-electron chi connectivity index (χ0n) is 52.7. The lowest BCUT2D eigenvalue weighted by atomic mass is 10.2. The highest BCUT2D eigenvalue weighted by molar-refractivity contribution is 6.18. The van der Waals surface area contributed by atoms with Crippen LogP contribution >= 0.6 is 0 Å². The van der Waals surface area contributed by atoms with E-state index >= 15 is 0 Å². The molecule has 0 saturated carbocycles. The standard InChI is InChI=1S/C8H14N2.C7H12N2.C7H9NO2.C6H10N2O.C6H9NO2.2C5H9N3O.C5H8N2O.C4H8N4/c1-6-7(2)10(5)8(3)9(6)4;1-5-6(2)8-9(4)7(5)3;1-4-5(2)7(10)8(3)6(4)9;1-5-4-7(2)6(9)8(5)3;1-4-5(2)9-6(8)7(4)3;1-4-6-8(3)5(9)7(4)2;1-4-5(2)8(9)7(3)6-4;1-4-6-7(3)5(2)8-4;1-4-7(2)5-6-8(4)3/h7H,1,3H2,2,4-5H3;1-4H3;1-3H3;4H,1-3H3;3*1-3H3;2H2,1,3H3;1H2,2-3H3. The van der Waals surface area contributed by atoms with Gasteiger partial charge >= 0.3 is 17.1 Å². The van der Waals surface area contributed by atoms with Gasteiger partial charge in [0.15, 0.2) is 5.69 Å². The molecule has 448 valence electrons. The van der Waals surface area contributed by atoms with Crippen molar-refractivity contribution >= 4 is 17.7 Å². The first kappa shape index (κ1) is 70.0. The maximum Gasteiger partial charge on any atom is 0.419 e. The molecule has 0 bridgehead atoms. The molecular weight excluding hydrogens is 1040 g/mol. The lowest BCUT2D eigenvalue weighted by Gasteiger charge is -2.16. The van der Waals surface area contributed by atoms with Gasteiger partial charge < -0.3 is 28.7 Å². The van der Waals surface area contributed by atoms with Crippen LogP contribution in [-0.4, -0.2) is 143 Å². The molecule has 1 atom stereocenters. The van der Waals surface area contributed by atoms with Gasteiger partial charge in [-0.2, -0.15) is 15.0 Å². The number of likely N-dealkylation sites (N-methyl/N-ethyl adjacent to an activating group) is 3. The molecule has 0 aromatic carbocycles. The zero-order chi connectivity index (χ0) is 63.1. The van der Waals surface area contributed by atoms with Crippen LogP contribution in [0.2, 0.25) is 0 Å². The molecule has 1 fully saturated rings. The van der Waals surface area contributed by atoms with E-state index in [9.17, 15) is 29.2 Å². The molecule has 0 N–H and O–H groups in total. The van der Waals surface area contributed by atoms with E-state index in [-0.39, 0.29) is 28.9 Å². The van der Waals surface area contributed by atoms with Crippen LogP contribution in [0.5, 0.6) is 0 Å². The van der Waals surface area contributed by atoms with Gasteiger partial charge in [0.25, 0.3) is 11.8 Å². The van der Waals surface area contributed by atoms with Crippen LogP contribution in [0.4, 0.5) is 0 Å². The van der Waals surface area contributed by atoms with Crippen molar-refractivity contribution in [2.45, 2.75) is 96.1 Å². The Hall–Kier alpha value is -8.98. The number of amides is 2. The fraction of sp³-hybridized carbons (Fsp3) is 0.509. The molecule has 0 spiro atoms. The summed E-state index contributed by atoms with van der Waals surface area (Å²) in [7, 11) is 23.0. The first-order valence-electron chi connectivity index (χ1n) is 25.2. The topological polar surface area (TPSA) is 264 Å². The number of ether oxygens (including phenoxy) is 1. The largest absolute Gasteiger partial charge is 0.692 e. The minimum Gasteiger partial charge on any atom is -0.692 e. The summed E-state index contributed by atoms with van der Waals surface area (Å²) in [6, 6.07) is 0.400. The number of oxazole rings is 1. The summed E-state index contributed by atoms with van der Waals surface area (Å²) in [5, 5.41) is 38.9. The maximum atomic E-state index is 11.0. The predicted octanol–water partition coefficient (Wildman–Crippen LogP) is 4.00. The average Bonchev–Trinajstić information content (AvgIpc) is 4.25. The number of hydrogen-bond donors (Lipinski definition) is 0. The molecule has 1 saturated heterocycles. The van der Waals surface area contributed by atoms with Crippen molar-refractivity contribution in [1.82, 2.24) is 77.5 Å². The lowest BCUT2D eigenvalue weighted by molar-refractivity contribution is -0.702. The second kappa shape index (κ2) is 29.8. The second-order valence-electron chi connectivity index (χ2n) is 19.2. The quantitative estimate of drug-likeness (QED) is 0.121. The number of rotatable bonds is 0. The monoisotopic (exact) mass is 1130 g/mol. The van der Waals surface area contributed by atoms with Gasteiger partial charge in [0.2, 0.25) is 17.5 Å². The van der Waals surface area contributed by atoms with Crippen molar-refractivity contribution in [3.63, 3.8) is 0 Å². The molecule has 28 nitrogen and oxygen atoms in total. The number of hydrogen-bond acceptors (Lipinski definition) is 19. The van der Waals surface area contributed by atoms with Crippen molar-refractivity contribution in [3.8, 4) is 0 Å². The van der Waals surface area contributed by atoms with Crippen LogP contribution < -0.4 is 22.0 Å². The Morgan fingerprint density at radius 3 is 1.20 bits per heavy atom. The third-order valence-electron chi connectivity index (χ3n) is 13.7. The van der Waals surface area contributed by atoms with Crippen LogP contribution in [0.3, 0.4) is 0 Å². The van der Waals surface area contributed by atoms with Crippen LogP contribution in [0.25, 0.3) is 0 Å². The second-order valence-corrected chi connectivity index (χ2v) is 19.2. The van der Waals surface area contributed by atoms with Crippen LogP contribution in [0.1, 0.15) is 79.0 Å². The van der Waals surface area contributed by atoms with E-state index in [1.165, 1.54) is 36.9 Å². The Balaban J connectivity index is 0.000000456. The van der Waals surface area contributed by atoms with E-state index in [2.05, 4.69) is 82.8 Å². The normalized spacial score (nSPS) is 14.9. The minimum absolute atomic E-state index is 0.0347. The average molecular weight is 1130 g/mol. The van der Waals surface area contributed by atoms with Gasteiger partial charge in [-0.25, -0.2) is 34.1 Å². The third-order valence-corrected chi connectivity index (χ3v) is 13.7.